The molecule has 0 aromatic heterocycles. The first-order valence-corrected chi connectivity index (χ1v) is 6.37. The molecular weight excluding hydrogens is 248 g/mol. The zero-order valence-corrected chi connectivity index (χ0v) is 11.5. The molecule has 1 aliphatic heterocycles. The molecule has 3 nitrogen and oxygen atoms in total. The van der Waals surface area contributed by atoms with Crippen LogP contribution in [0.25, 0.3) is 0 Å². The SMILES string of the molecule is CC(C)CN1C(N)=NCC1(C)c1ccc(F)c(F)c1. The average Bonchev–Trinajstić information content (AvgIpc) is 2.62. The molecule has 0 fully saturated rings. The van der Waals surface area contributed by atoms with E-state index in [1.807, 2.05) is 11.8 Å². The third kappa shape index (κ3) is 2.41. The topological polar surface area (TPSA) is 41.6 Å². The summed E-state index contributed by atoms with van der Waals surface area (Å²) in [6.45, 7) is 7.29. The van der Waals surface area contributed by atoms with E-state index in [-0.39, 0.29) is 0 Å². The van der Waals surface area contributed by atoms with Crippen LogP contribution in [0.3, 0.4) is 0 Å². The van der Waals surface area contributed by atoms with Crippen molar-refractivity contribution < 1.29 is 8.78 Å². The summed E-state index contributed by atoms with van der Waals surface area (Å²) in [7, 11) is 0. The van der Waals surface area contributed by atoms with Gasteiger partial charge in [0.25, 0.3) is 0 Å². The second-order valence-corrected chi connectivity index (χ2v) is 5.58. The Morgan fingerprint density at radius 2 is 2.05 bits per heavy atom. The van der Waals surface area contributed by atoms with Crippen molar-refractivity contribution in [2.24, 2.45) is 16.6 Å². The minimum Gasteiger partial charge on any atom is -0.370 e. The third-order valence-corrected chi connectivity index (χ3v) is 3.51. The van der Waals surface area contributed by atoms with Crippen molar-refractivity contribution in [1.29, 1.82) is 0 Å². The van der Waals surface area contributed by atoms with Crippen molar-refractivity contribution in [3.63, 3.8) is 0 Å². The van der Waals surface area contributed by atoms with Crippen molar-refractivity contribution in [3.05, 3.63) is 35.4 Å². The van der Waals surface area contributed by atoms with E-state index in [1.165, 1.54) is 6.07 Å². The molecule has 0 radical (unpaired) electrons. The predicted octanol–water partition coefficient (Wildman–Crippen LogP) is 2.47. The van der Waals surface area contributed by atoms with Crippen LogP contribution >= 0.6 is 0 Å². The van der Waals surface area contributed by atoms with E-state index in [0.717, 1.165) is 12.6 Å². The summed E-state index contributed by atoms with van der Waals surface area (Å²) in [6, 6.07) is 3.98. The lowest BCUT2D eigenvalue weighted by Gasteiger charge is -2.37. The molecule has 1 aliphatic rings. The highest BCUT2D eigenvalue weighted by molar-refractivity contribution is 5.81. The van der Waals surface area contributed by atoms with Crippen LogP contribution in [-0.2, 0) is 5.54 Å². The van der Waals surface area contributed by atoms with Crippen molar-refractivity contribution in [2.45, 2.75) is 26.3 Å². The Morgan fingerprint density at radius 3 is 2.63 bits per heavy atom. The number of hydrogen-bond donors (Lipinski definition) is 1. The monoisotopic (exact) mass is 267 g/mol. The summed E-state index contributed by atoms with van der Waals surface area (Å²) >= 11 is 0. The van der Waals surface area contributed by atoms with E-state index in [1.54, 1.807) is 6.07 Å². The van der Waals surface area contributed by atoms with Crippen LogP contribution in [0.1, 0.15) is 26.3 Å². The second-order valence-electron chi connectivity index (χ2n) is 5.58. The van der Waals surface area contributed by atoms with Crippen molar-refractivity contribution in [1.82, 2.24) is 4.90 Å². The first-order chi connectivity index (χ1) is 8.84. The maximum Gasteiger partial charge on any atom is 0.192 e. The number of rotatable bonds is 3. The summed E-state index contributed by atoms with van der Waals surface area (Å²) in [6.07, 6.45) is 0. The standard InChI is InChI=1S/C14H19F2N3/c1-9(2)7-19-13(17)18-8-14(19,3)10-4-5-11(15)12(16)6-10/h4-6,9H,7-8H2,1-3H3,(H2,17,18). The van der Waals surface area contributed by atoms with Gasteiger partial charge in [0.05, 0.1) is 12.1 Å². The van der Waals surface area contributed by atoms with Crippen LogP contribution in [-0.4, -0.2) is 23.9 Å². The van der Waals surface area contributed by atoms with E-state index >= 15 is 0 Å². The minimum absolute atomic E-state index is 0.400. The smallest absolute Gasteiger partial charge is 0.192 e. The lowest BCUT2D eigenvalue weighted by molar-refractivity contribution is 0.203. The van der Waals surface area contributed by atoms with E-state index < -0.39 is 17.2 Å². The number of benzene rings is 1. The fourth-order valence-corrected chi connectivity index (χ4v) is 2.40. The molecule has 1 aromatic rings. The second kappa shape index (κ2) is 4.79. The highest BCUT2D eigenvalue weighted by Gasteiger charge is 2.40. The molecule has 0 aliphatic carbocycles. The molecule has 0 saturated heterocycles. The van der Waals surface area contributed by atoms with Gasteiger partial charge in [-0.15, -0.1) is 0 Å². The average molecular weight is 267 g/mol. The van der Waals surface area contributed by atoms with Crippen LogP contribution in [0, 0.1) is 17.6 Å². The van der Waals surface area contributed by atoms with Gasteiger partial charge in [-0.3, -0.25) is 4.99 Å². The molecule has 1 heterocycles. The molecular formula is C14H19F2N3. The summed E-state index contributed by atoms with van der Waals surface area (Å²) in [4.78, 5) is 6.22. The largest absolute Gasteiger partial charge is 0.370 e. The summed E-state index contributed by atoms with van der Waals surface area (Å²) in [5.41, 5.74) is 6.10. The van der Waals surface area contributed by atoms with Gasteiger partial charge in [0.1, 0.15) is 0 Å². The Morgan fingerprint density at radius 1 is 1.37 bits per heavy atom. The lowest BCUT2D eigenvalue weighted by Crippen LogP contribution is -2.49. The van der Waals surface area contributed by atoms with Crippen LogP contribution in [0.5, 0.6) is 0 Å². The number of hydrogen-bond acceptors (Lipinski definition) is 3. The number of nitrogens with two attached hydrogens (primary N) is 1. The summed E-state index contributed by atoms with van der Waals surface area (Å²) < 4.78 is 26.5. The van der Waals surface area contributed by atoms with Crippen LogP contribution < -0.4 is 5.73 Å². The zero-order valence-electron chi connectivity index (χ0n) is 11.5. The van der Waals surface area contributed by atoms with E-state index in [2.05, 4.69) is 18.8 Å². The van der Waals surface area contributed by atoms with Gasteiger partial charge < -0.3 is 10.6 Å². The molecule has 0 bridgehead atoms. The molecule has 19 heavy (non-hydrogen) atoms. The Kier molecular flexibility index (Phi) is 3.47. The molecule has 0 amide bonds. The number of nitrogens with zero attached hydrogens (tertiary/aromatic N) is 2. The zero-order chi connectivity index (χ0) is 14.2. The van der Waals surface area contributed by atoms with Crippen LogP contribution in [0.4, 0.5) is 8.78 Å². The Bertz CT molecular complexity index is 513. The highest BCUT2D eigenvalue weighted by atomic mass is 19.2. The number of guanidine groups is 1. The van der Waals surface area contributed by atoms with Crippen molar-refractivity contribution in [3.8, 4) is 0 Å². The Labute approximate surface area is 112 Å². The quantitative estimate of drug-likeness (QED) is 0.914. The van der Waals surface area contributed by atoms with Gasteiger partial charge in [0.2, 0.25) is 0 Å². The maximum atomic E-state index is 13.4. The van der Waals surface area contributed by atoms with Gasteiger partial charge in [-0.2, -0.15) is 0 Å². The molecule has 0 spiro atoms. The van der Waals surface area contributed by atoms with E-state index in [9.17, 15) is 8.78 Å². The molecule has 1 aromatic carbocycles. The third-order valence-electron chi connectivity index (χ3n) is 3.51. The first kappa shape index (κ1) is 13.8. The van der Waals surface area contributed by atoms with E-state index in [0.29, 0.717) is 24.0 Å². The highest BCUT2D eigenvalue weighted by Crippen LogP contribution is 2.33. The fourth-order valence-electron chi connectivity index (χ4n) is 2.40. The fraction of sp³-hybridized carbons (Fsp3) is 0.500. The first-order valence-electron chi connectivity index (χ1n) is 6.37. The normalized spacial score (nSPS) is 23.1. The van der Waals surface area contributed by atoms with E-state index in [4.69, 9.17) is 5.73 Å². The van der Waals surface area contributed by atoms with Gasteiger partial charge in [-0.1, -0.05) is 19.9 Å². The lowest BCUT2D eigenvalue weighted by atomic mass is 9.90. The van der Waals surface area contributed by atoms with Gasteiger partial charge in [0, 0.05) is 6.54 Å². The number of aliphatic imine (C=N–C) groups is 1. The van der Waals surface area contributed by atoms with Gasteiger partial charge >= 0.3 is 0 Å². The molecule has 0 saturated carbocycles. The van der Waals surface area contributed by atoms with Crippen LogP contribution in [0.2, 0.25) is 0 Å². The van der Waals surface area contributed by atoms with Gasteiger partial charge in [0.15, 0.2) is 17.6 Å². The molecule has 104 valence electrons. The molecule has 5 heteroatoms. The van der Waals surface area contributed by atoms with Crippen molar-refractivity contribution >= 4 is 5.96 Å². The van der Waals surface area contributed by atoms with Crippen molar-refractivity contribution in [2.75, 3.05) is 13.1 Å². The maximum absolute atomic E-state index is 13.4. The minimum atomic E-state index is -0.839. The van der Waals surface area contributed by atoms with Gasteiger partial charge in [-0.05, 0) is 30.5 Å². The molecule has 2 N–H and O–H groups in total. The Hall–Kier alpha value is -1.65. The number of halogens is 2. The molecule has 1 atom stereocenters. The van der Waals surface area contributed by atoms with Gasteiger partial charge in [-0.25, -0.2) is 8.78 Å². The molecule has 2 rings (SSSR count). The summed E-state index contributed by atoms with van der Waals surface area (Å²) in [5, 5.41) is 0. The van der Waals surface area contributed by atoms with Crippen LogP contribution in [0.15, 0.2) is 23.2 Å². The predicted molar refractivity (Wildman–Crippen MR) is 71.7 cm³/mol. The summed E-state index contributed by atoms with van der Waals surface area (Å²) in [5.74, 6) is -0.819. The Balaban J connectivity index is 2.38. The molecule has 1 unspecified atom stereocenters.